The van der Waals surface area contributed by atoms with Crippen LogP contribution in [0.5, 0.6) is 5.75 Å². The third-order valence-electron chi connectivity index (χ3n) is 6.09. The molecule has 2 aromatic rings. The van der Waals surface area contributed by atoms with E-state index in [1.54, 1.807) is 42.2 Å². The number of hydrogen-bond donors (Lipinski definition) is 1. The highest BCUT2D eigenvalue weighted by Gasteiger charge is 2.30. The highest BCUT2D eigenvalue weighted by Crippen LogP contribution is 2.26. The third-order valence-corrected chi connectivity index (χ3v) is 6.09. The summed E-state index contributed by atoms with van der Waals surface area (Å²) in [5.41, 5.74) is 0.833. The molecular weight excluding hydrogens is 466 g/mol. The number of anilines is 1. The standard InChI is InChI=1S/C25H33N5O6/c1-16-12-30(23(31)15-34-4)17(2)14-36-21-7-6-18(28-24(32)20-11-26-8-9-27-20)10-19(21)25(33)29(3)13-22(16)35-5/h6-11,16-17,22H,12-15H2,1-5H3,(H,28,32)/t16-,17-,22+/m0/s1. The van der Waals surface area contributed by atoms with Crippen LogP contribution in [0.1, 0.15) is 34.7 Å². The maximum absolute atomic E-state index is 13.4. The smallest absolute Gasteiger partial charge is 0.275 e. The monoisotopic (exact) mass is 499 g/mol. The normalized spacial score (nSPS) is 21.0. The van der Waals surface area contributed by atoms with Crippen molar-refractivity contribution in [2.45, 2.75) is 26.0 Å². The van der Waals surface area contributed by atoms with Crippen LogP contribution in [0, 0.1) is 5.92 Å². The van der Waals surface area contributed by atoms with Crippen molar-refractivity contribution in [1.82, 2.24) is 19.8 Å². The number of likely N-dealkylation sites (N-methyl/N-ethyl adjacent to an activating group) is 1. The summed E-state index contributed by atoms with van der Waals surface area (Å²) in [7, 11) is 4.75. The van der Waals surface area contributed by atoms with Crippen LogP contribution < -0.4 is 10.1 Å². The average Bonchev–Trinajstić information content (AvgIpc) is 2.88. The molecule has 3 amide bonds. The first-order chi connectivity index (χ1) is 17.2. The zero-order valence-corrected chi connectivity index (χ0v) is 21.3. The number of rotatable bonds is 5. The zero-order valence-electron chi connectivity index (χ0n) is 21.3. The molecule has 11 nitrogen and oxygen atoms in total. The van der Waals surface area contributed by atoms with Crippen molar-refractivity contribution in [2.24, 2.45) is 5.92 Å². The van der Waals surface area contributed by atoms with E-state index in [0.29, 0.717) is 24.5 Å². The van der Waals surface area contributed by atoms with Gasteiger partial charge in [0.25, 0.3) is 11.8 Å². The van der Waals surface area contributed by atoms with Crippen LogP contribution >= 0.6 is 0 Å². The fourth-order valence-corrected chi connectivity index (χ4v) is 4.02. The van der Waals surface area contributed by atoms with E-state index in [0.717, 1.165) is 0 Å². The van der Waals surface area contributed by atoms with Crippen molar-refractivity contribution >= 4 is 23.4 Å². The maximum atomic E-state index is 13.4. The molecule has 3 rings (SSSR count). The summed E-state index contributed by atoms with van der Waals surface area (Å²) in [5.74, 6) is -0.607. The number of aromatic nitrogens is 2. The molecule has 0 fully saturated rings. The number of carbonyl (C=O) groups excluding carboxylic acids is 3. The molecule has 0 radical (unpaired) electrons. The second kappa shape index (κ2) is 12.4. The molecular formula is C25H33N5O6. The Balaban J connectivity index is 1.93. The van der Waals surface area contributed by atoms with Gasteiger partial charge in [0.1, 0.15) is 24.7 Å². The van der Waals surface area contributed by atoms with Crippen LogP contribution in [-0.2, 0) is 14.3 Å². The highest BCUT2D eigenvalue weighted by molar-refractivity contribution is 6.04. The van der Waals surface area contributed by atoms with Crippen molar-refractivity contribution in [3.05, 3.63) is 48.0 Å². The van der Waals surface area contributed by atoms with Gasteiger partial charge in [-0.05, 0) is 25.1 Å². The quantitative estimate of drug-likeness (QED) is 0.660. The third kappa shape index (κ3) is 6.55. The van der Waals surface area contributed by atoms with Gasteiger partial charge < -0.3 is 29.3 Å². The second-order valence-corrected chi connectivity index (χ2v) is 8.83. The lowest BCUT2D eigenvalue weighted by atomic mass is 10.0. The lowest BCUT2D eigenvalue weighted by Gasteiger charge is -2.36. The first kappa shape index (κ1) is 27.0. The Labute approximate surface area is 210 Å². The summed E-state index contributed by atoms with van der Waals surface area (Å²) in [6.07, 6.45) is 3.94. The van der Waals surface area contributed by atoms with Gasteiger partial charge in [-0.1, -0.05) is 6.92 Å². The Bertz CT molecular complexity index is 1070. The first-order valence-corrected chi connectivity index (χ1v) is 11.7. The molecule has 2 heterocycles. The van der Waals surface area contributed by atoms with Crippen molar-refractivity contribution in [3.63, 3.8) is 0 Å². The highest BCUT2D eigenvalue weighted by atomic mass is 16.5. The maximum Gasteiger partial charge on any atom is 0.275 e. The molecule has 194 valence electrons. The van der Waals surface area contributed by atoms with E-state index in [1.807, 2.05) is 13.8 Å². The number of ether oxygens (including phenoxy) is 3. The van der Waals surface area contributed by atoms with Gasteiger partial charge in [0.2, 0.25) is 5.91 Å². The Hall–Kier alpha value is -3.57. The van der Waals surface area contributed by atoms with Crippen molar-refractivity contribution < 1.29 is 28.6 Å². The molecule has 1 aliphatic heterocycles. The molecule has 1 aromatic heterocycles. The summed E-state index contributed by atoms with van der Waals surface area (Å²) in [5, 5.41) is 2.74. The molecule has 11 heteroatoms. The van der Waals surface area contributed by atoms with E-state index in [9.17, 15) is 14.4 Å². The van der Waals surface area contributed by atoms with Gasteiger partial charge in [-0.15, -0.1) is 0 Å². The molecule has 1 N–H and O–H groups in total. The van der Waals surface area contributed by atoms with Crippen LogP contribution in [0.25, 0.3) is 0 Å². The Morgan fingerprint density at radius 1 is 1.19 bits per heavy atom. The fourth-order valence-electron chi connectivity index (χ4n) is 4.02. The predicted molar refractivity (Wildman–Crippen MR) is 132 cm³/mol. The van der Waals surface area contributed by atoms with E-state index in [1.165, 1.54) is 25.7 Å². The molecule has 0 saturated heterocycles. The summed E-state index contributed by atoms with van der Waals surface area (Å²) in [4.78, 5) is 49.9. The number of amides is 3. The van der Waals surface area contributed by atoms with Gasteiger partial charge in [-0.25, -0.2) is 4.98 Å². The van der Waals surface area contributed by atoms with Crippen LogP contribution in [-0.4, -0.2) is 97.2 Å². The molecule has 1 aliphatic rings. The van der Waals surface area contributed by atoms with Gasteiger partial charge in [0, 0.05) is 58.4 Å². The minimum absolute atomic E-state index is 0.0431. The Kier molecular flexibility index (Phi) is 9.31. The summed E-state index contributed by atoms with van der Waals surface area (Å²) >= 11 is 0. The first-order valence-electron chi connectivity index (χ1n) is 11.7. The van der Waals surface area contributed by atoms with Gasteiger partial charge >= 0.3 is 0 Å². The molecule has 0 bridgehead atoms. The van der Waals surface area contributed by atoms with E-state index < -0.39 is 5.91 Å². The van der Waals surface area contributed by atoms with Crippen molar-refractivity contribution in [1.29, 1.82) is 0 Å². The van der Waals surface area contributed by atoms with E-state index >= 15 is 0 Å². The number of nitrogens with zero attached hydrogens (tertiary/aromatic N) is 4. The minimum Gasteiger partial charge on any atom is -0.491 e. The number of carbonyl (C=O) groups is 3. The molecule has 0 saturated carbocycles. The average molecular weight is 500 g/mol. The lowest BCUT2D eigenvalue weighted by molar-refractivity contribution is -0.139. The van der Waals surface area contributed by atoms with Gasteiger partial charge in [-0.2, -0.15) is 0 Å². The molecule has 36 heavy (non-hydrogen) atoms. The van der Waals surface area contributed by atoms with E-state index in [2.05, 4.69) is 15.3 Å². The van der Waals surface area contributed by atoms with Crippen molar-refractivity contribution in [2.75, 3.05) is 52.9 Å². The predicted octanol–water partition coefficient (Wildman–Crippen LogP) is 1.71. The second-order valence-electron chi connectivity index (χ2n) is 8.83. The molecule has 0 spiro atoms. The lowest BCUT2D eigenvalue weighted by Crippen LogP contribution is -2.49. The molecule has 0 aliphatic carbocycles. The topological polar surface area (TPSA) is 123 Å². The van der Waals surface area contributed by atoms with E-state index in [-0.39, 0.29) is 54.3 Å². The SMILES string of the molecule is COCC(=O)N1C[C@H](C)[C@H](OC)CN(C)C(=O)c2cc(NC(=O)c3cnccn3)ccc2OC[C@@H]1C. The van der Waals surface area contributed by atoms with Crippen LogP contribution in [0.3, 0.4) is 0 Å². The number of benzene rings is 1. The zero-order chi connectivity index (χ0) is 26.2. The van der Waals surface area contributed by atoms with Crippen LogP contribution in [0.15, 0.2) is 36.8 Å². The number of fused-ring (bicyclic) bond motifs is 1. The summed E-state index contributed by atoms with van der Waals surface area (Å²) in [6, 6.07) is 4.55. The van der Waals surface area contributed by atoms with Gasteiger partial charge in [0.05, 0.1) is 23.9 Å². The van der Waals surface area contributed by atoms with Gasteiger partial charge in [0.15, 0.2) is 0 Å². The summed E-state index contributed by atoms with van der Waals surface area (Å²) < 4.78 is 16.8. The number of nitrogens with one attached hydrogen (secondary N) is 1. The number of methoxy groups -OCH3 is 2. The minimum atomic E-state index is -0.452. The van der Waals surface area contributed by atoms with Gasteiger partial charge in [-0.3, -0.25) is 19.4 Å². The van der Waals surface area contributed by atoms with E-state index in [4.69, 9.17) is 14.2 Å². The molecule has 0 unspecified atom stereocenters. The van der Waals surface area contributed by atoms with Crippen LogP contribution in [0.4, 0.5) is 5.69 Å². The number of hydrogen-bond acceptors (Lipinski definition) is 8. The Morgan fingerprint density at radius 2 is 1.97 bits per heavy atom. The fraction of sp³-hybridized carbons (Fsp3) is 0.480. The summed E-state index contributed by atoms with van der Waals surface area (Å²) in [6.45, 7) is 4.71. The Morgan fingerprint density at radius 3 is 2.64 bits per heavy atom. The molecule has 1 aromatic carbocycles. The largest absolute Gasteiger partial charge is 0.491 e. The van der Waals surface area contributed by atoms with Crippen LogP contribution in [0.2, 0.25) is 0 Å². The van der Waals surface area contributed by atoms with Crippen molar-refractivity contribution in [3.8, 4) is 5.75 Å². The molecule has 3 atom stereocenters.